The van der Waals surface area contributed by atoms with Crippen LogP contribution in [0.2, 0.25) is 5.02 Å². The van der Waals surface area contributed by atoms with Crippen LogP contribution in [0, 0.1) is 0 Å². The highest BCUT2D eigenvalue weighted by Gasteiger charge is 2.42. The van der Waals surface area contributed by atoms with Crippen molar-refractivity contribution in [3.05, 3.63) is 29.0 Å². The van der Waals surface area contributed by atoms with Gasteiger partial charge in [0.25, 0.3) is 0 Å². The molecule has 1 aromatic heterocycles. The Hall–Kier alpha value is -0.640. The fourth-order valence-electron chi connectivity index (χ4n) is 3.58. The smallest absolute Gasteiger partial charge is 0.0621 e. The van der Waals surface area contributed by atoms with Crippen LogP contribution in [0.1, 0.15) is 38.2 Å². The lowest BCUT2D eigenvalue weighted by Gasteiger charge is -2.44. The second-order valence-corrected chi connectivity index (χ2v) is 6.39. The first-order valence-electron chi connectivity index (χ1n) is 7.59. The summed E-state index contributed by atoms with van der Waals surface area (Å²) in [5, 5.41) is 4.48. The Bertz CT molecular complexity index is 427. The number of likely N-dealkylation sites (N-methyl/N-ethyl adjacent to an activating group) is 2. The first-order chi connectivity index (χ1) is 9.60. The lowest BCUT2D eigenvalue weighted by Crippen LogP contribution is -2.58. The maximum absolute atomic E-state index is 6.30. The molecule has 0 saturated heterocycles. The molecule has 0 aromatic carbocycles. The van der Waals surface area contributed by atoms with E-state index in [0.717, 1.165) is 18.0 Å². The Labute approximate surface area is 127 Å². The van der Waals surface area contributed by atoms with Gasteiger partial charge in [0.05, 0.1) is 5.02 Å². The zero-order valence-corrected chi connectivity index (χ0v) is 13.6. The van der Waals surface area contributed by atoms with Gasteiger partial charge in [-0.05, 0) is 51.5 Å². The number of pyridine rings is 1. The van der Waals surface area contributed by atoms with E-state index < -0.39 is 0 Å². The van der Waals surface area contributed by atoms with Gasteiger partial charge in [0.2, 0.25) is 0 Å². The molecule has 0 amide bonds. The van der Waals surface area contributed by atoms with Gasteiger partial charge in [-0.25, -0.2) is 0 Å². The molecule has 1 aliphatic rings. The van der Waals surface area contributed by atoms with E-state index in [2.05, 4.69) is 36.2 Å². The van der Waals surface area contributed by atoms with Crippen LogP contribution in [0.25, 0.3) is 0 Å². The number of aromatic nitrogens is 1. The Balaban J connectivity index is 2.24. The molecule has 112 valence electrons. The summed E-state index contributed by atoms with van der Waals surface area (Å²) in [5.41, 5.74) is 1.45. The first-order valence-corrected chi connectivity index (χ1v) is 7.97. The van der Waals surface area contributed by atoms with Crippen molar-refractivity contribution in [2.75, 3.05) is 20.6 Å². The van der Waals surface area contributed by atoms with E-state index in [1.807, 2.05) is 12.3 Å². The predicted molar refractivity (Wildman–Crippen MR) is 85.3 cm³/mol. The molecule has 2 rings (SSSR count). The second-order valence-electron chi connectivity index (χ2n) is 5.99. The van der Waals surface area contributed by atoms with Crippen molar-refractivity contribution in [2.24, 2.45) is 0 Å². The molecule has 0 aliphatic heterocycles. The highest BCUT2D eigenvalue weighted by Crippen LogP contribution is 2.38. The number of halogens is 1. The van der Waals surface area contributed by atoms with Crippen molar-refractivity contribution in [3.63, 3.8) is 0 Å². The average molecular weight is 296 g/mol. The van der Waals surface area contributed by atoms with Gasteiger partial charge in [0.1, 0.15) is 0 Å². The zero-order chi connectivity index (χ0) is 14.6. The van der Waals surface area contributed by atoms with E-state index in [1.54, 1.807) is 6.20 Å². The number of nitrogens with zero attached hydrogens (tertiary/aromatic N) is 2. The summed E-state index contributed by atoms with van der Waals surface area (Å²) in [6, 6.07) is 2.48. The molecule has 0 spiro atoms. The summed E-state index contributed by atoms with van der Waals surface area (Å²) in [5.74, 6) is 0. The molecule has 1 fully saturated rings. The van der Waals surface area contributed by atoms with Crippen LogP contribution >= 0.6 is 11.6 Å². The minimum Gasteiger partial charge on any atom is -0.312 e. The van der Waals surface area contributed by atoms with Gasteiger partial charge < -0.3 is 10.2 Å². The quantitative estimate of drug-likeness (QED) is 0.874. The molecule has 3 nitrogen and oxygen atoms in total. The summed E-state index contributed by atoms with van der Waals surface area (Å²) < 4.78 is 0. The maximum atomic E-state index is 6.30. The molecule has 1 saturated carbocycles. The van der Waals surface area contributed by atoms with Crippen LogP contribution in [-0.2, 0) is 6.42 Å². The lowest BCUT2D eigenvalue weighted by atomic mass is 9.83. The van der Waals surface area contributed by atoms with Gasteiger partial charge in [-0.3, -0.25) is 4.98 Å². The van der Waals surface area contributed by atoms with Crippen molar-refractivity contribution in [2.45, 2.75) is 50.6 Å². The third-order valence-electron chi connectivity index (χ3n) is 4.74. The molecule has 1 unspecified atom stereocenters. The molecule has 20 heavy (non-hydrogen) atoms. The summed E-state index contributed by atoms with van der Waals surface area (Å²) >= 11 is 6.30. The van der Waals surface area contributed by atoms with Crippen LogP contribution in [0.3, 0.4) is 0 Å². The Morgan fingerprint density at radius 2 is 2.10 bits per heavy atom. The first kappa shape index (κ1) is 15.7. The highest BCUT2D eigenvalue weighted by molar-refractivity contribution is 6.31. The topological polar surface area (TPSA) is 28.2 Å². The summed E-state index contributed by atoms with van der Waals surface area (Å²) in [6.07, 6.45) is 9.72. The standard InChI is InChI=1S/C16H26ClN3/c1-4-19-15(11-13-7-10-18-12-14(13)17)16(20(2)3)8-5-6-9-16/h7,10,12,15,19H,4-6,8-9,11H2,1-3H3. The second kappa shape index (κ2) is 6.88. The molecule has 0 radical (unpaired) electrons. The Morgan fingerprint density at radius 1 is 1.40 bits per heavy atom. The number of hydrogen-bond acceptors (Lipinski definition) is 3. The summed E-state index contributed by atoms with van der Waals surface area (Å²) in [7, 11) is 4.42. The van der Waals surface area contributed by atoms with Crippen LogP contribution in [0.4, 0.5) is 0 Å². The van der Waals surface area contributed by atoms with E-state index in [-0.39, 0.29) is 5.54 Å². The van der Waals surface area contributed by atoms with Crippen LogP contribution in [0.5, 0.6) is 0 Å². The van der Waals surface area contributed by atoms with Gasteiger partial charge in [-0.1, -0.05) is 31.4 Å². The average Bonchev–Trinajstić information content (AvgIpc) is 2.91. The number of nitrogens with one attached hydrogen (secondary N) is 1. The van der Waals surface area contributed by atoms with E-state index >= 15 is 0 Å². The molecular formula is C16H26ClN3. The van der Waals surface area contributed by atoms with Crippen LogP contribution in [-0.4, -0.2) is 42.1 Å². The predicted octanol–water partition coefficient (Wildman–Crippen LogP) is 3.13. The van der Waals surface area contributed by atoms with Crippen molar-refractivity contribution in [1.82, 2.24) is 15.2 Å². The summed E-state index contributed by atoms with van der Waals surface area (Å²) in [6.45, 7) is 3.17. The van der Waals surface area contributed by atoms with Crippen molar-refractivity contribution in [3.8, 4) is 0 Å². The number of hydrogen-bond donors (Lipinski definition) is 1. The molecule has 1 aromatic rings. The third kappa shape index (κ3) is 3.16. The monoisotopic (exact) mass is 295 g/mol. The van der Waals surface area contributed by atoms with Crippen molar-refractivity contribution < 1.29 is 0 Å². The van der Waals surface area contributed by atoms with E-state index in [4.69, 9.17) is 11.6 Å². The highest BCUT2D eigenvalue weighted by atomic mass is 35.5. The van der Waals surface area contributed by atoms with Gasteiger partial charge in [0.15, 0.2) is 0 Å². The van der Waals surface area contributed by atoms with Gasteiger partial charge in [0, 0.05) is 24.0 Å². The van der Waals surface area contributed by atoms with Gasteiger partial charge in [-0.2, -0.15) is 0 Å². The minimum absolute atomic E-state index is 0.253. The largest absolute Gasteiger partial charge is 0.312 e. The van der Waals surface area contributed by atoms with E-state index in [9.17, 15) is 0 Å². The molecule has 1 N–H and O–H groups in total. The SMILES string of the molecule is CCNC(Cc1ccncc1Cl)C1(N(C)C)CCCC1. The fourth-order valence-corrected chi connectivity index (χ4v) is 3.78. The third-order valence-corrected chi connectivity index (χ3v) is 5.08. The molecular weight excluding hydrogens is 270 g/mol. The Kier molecular flexibility index (Phi) is 5.42. The van der Waals surface area contributed by atoms with Crippen molar-refractivity contribution in [1.29, 1.82) is 0 Å². The van der Waals surface area contributed by atoms with Crippen molar-refractivity contribution >= 4 is 11.6 Å². The van der Waals surface area contributed by atoms with E-state index in [1.165, 1.54) is 31.2 Å². The zero-order valence-electron chi connectivity index (χ0n) is 12.8. The molecule has 1 atom stereocenters. The molecule has 1 heterocycles. The number of rotatable bonds is 6. The minimum atomic E-state index is 0.253. The van der Waals surface area contributed by atoms with E-state index in [0.29, 0.717) is 6.04 Å². The summed E-state index contributed by atoms with van der Waals surface area (Å²) in [4.78, 5) is 6.50. The molecule has 4 heteroatoms. The van der Waals surface area contributed by atoms with Gasteiger partial charge >= 0.3 is 0 Å². The van der Waals surface area contributed by atoms with Crippen LogP contribution in [0.15, 0.2) is 18.5 Å². The lowest BCUT2D eigenvalue weighted by molar-refractivity contribution is 0.105. The normalized spacial score (nSPS) is 19.4. The molecule has 1 aliphatic carbocycles. The van der Waals surface area contributed by atoms with Crippen LogP contribution < -0.4 is 5.32 Å². The molecule has 0 bridgehead atoms. The van der Waals surface area contributed by atoms with Gasteiger partial charge in [-0.15, -0.1) is 0 Å². The fraction of sp³-hybridized carbons (Fsp3) is 0.688. The Morgan fingerprint density at radius 3 is 2.65 bits per heavy atom. The maximum Gasteiger partial charge on any atom is 0.0621 e.